The van der Waals surface area contributed by atoms with E-state index in [0.717, 1.165) is 18.7 Å². The minimum absolute atomic E-state index is 0.0811. The third-order valence-corrected chi connectivity index (χ3v) is 5.51. The van der Waals surface area contributed by atoms with Crippen molar-refractivity contribution in [1.82, 2.24) is 14.7 Å². The highest BCUT2D eigenvalue weighted by Gasteiger charge is 2.45. The van der Waals surface area contributed by atoms with Crippen molar-refractivity contribution < 1.29 is 9.59 Å². The van der Waals surface area contributed by atoms with Crippen LogP contribution in [0.3, 0.4) is 0 Å². The number of fused-ring (bicyclic) bond motifs is 1. The molecular formula is C21H31N3O2. The Labute approximate surface area is 156 Å². The van der Waals surface area contributed by atoms with Crippen molar-refractivity contribution in [3.63, 3.8) is 0 Å². The molecule has 0 bridgehead atoms. The maximum Gasteiger partial charge on any atom is 0.253 e. The topological polar surface area (TPSA) is 43.9 Å². The van der Waals surface area contributed by atoms with E-state index in [1.54, 1.807) is 0 Å². The molecule has 1 aromatic carbocycles. The normalized spacial score (nSPS) is 23.5. The lowest BCUT2D eigenvalue weighted by Gasteiger charge is -2.55. The van der Waals surface area contributed by atoms with Crippen LogP contribution in [0.15, 0.2) is 30.3 Å². The number of nitrogens with zero attached hydrogens (tertiary/aromatic N) is 3. The molecule has 26 heavy (non-hydrogen) atoms. The molecule has 2 aliphatic rings. The lowest BCUT2D eigenvalue weighted by atomic mass is 9.90. The van der Waals surface area contributed by atoms with Crippen LogP contribution in [0.2, 0.25) is 0 Å². The van der Waals surface area contributed by atoms with Gasteiger partial charge in [-0.15, -0.1) is 0 Å². The van der Waals surface area contributed by atoms with E-state index in [1.807, 2.05) is 60.9 Å². The van der Waals surface area contributed by atoms with Gasteiger partial charge in [0.25, 0.3) is 5.91 Å². The Bertz CT molecular complexity index is 678. The van der Waals surface area contributed by atoms with Crippen LogP contribution < -0.4 is 0 Å². The molecular weight excluding hydrogens is 326 g/mol. The fraction of sp³-hybridized carbons (Fsp3) is 0.619. The van der Waals surface area contributed by atoms with Crippen molar-refractivity contribution >= 4 is 11.8 Å². The smallest absolute Gasteiger partial charge is 0.253 e. The molecule has 142 valence electrons. The summed E-state index contributed by atoms with van der Waals surface area (Å²) in [6.07, 6.45) is 0. The second-order valence-corrected chi connectivity index (χ2v) is 9.21. The van der Waals surface area contributed by atoms with Gasteiger partial charge >= 0.3 is 0 Å². The van der Waals surface area contributed by atoms with Crippen LogP contribution >= 0.6 is 0 Å². The molecule has 1 atom stereocenters. The lowest BCUT2D eigenvalue weighted by molar-refractivity contribution is -0.146. The Morgan fingerprint density at radius 2 is 1.62 bits per heavy atom. The third-order valence-electron chi connectivity index (χ3n) is 5.51. The van der Waals surface area contributed by atoms with Crippen molar-refractivity contribution in [2.75, 3.05) is 32.7 Å². The summed E-state index contributed by atoms with van der Waals surface area (Å²) in [5, 5.41) is 0. The fourth-order valence-electron chi connectivity index (χ4n) is 4.26. The molecule has 1 aromatic rings. The van der Waals surface area contributed by atoms with Crippen molar-refractivity contribution in [1.29, 1.82) is 0 Å². The molecule has 0 spiro atoms. The van der Waals surface area contributed by atoms with Gasteiger partial charge in [-0.2, -0.15) is 0 Å². The first-order valence-corrected chi connectivity index (χ1v) is 9.50. The minimum atomic E-state index is -0.369. The first kappa shape index (κ1) is 18.9. The van der Waals surface area contributed by atoms with Gasteiger partial charge in [0.15, 0.2) is 0 Å². The molecule has 0 saturated carbocycles. The summed E-state index contributed by atoms with van der Waals surface area (Å²) < 4.78 is 0. The van der Waals surface area contributed by atoms with Gasteiger partial charge in [0.05, 0.1) is 0 Å². The van der Waals surface area contributed by atoms with Gasteiger partial charge in [-0.05, 0) is 26.0 Å². The van der Waals surface area contributed by atoms with E-state index < -0.39 is 0 Å². The van der Waals surface area contributed by atoms with Gasteiger partial charge < -0.3 is 9.80 Å². The van der Waals surface area contributed by atoms with E-state index in [2.05, 4.69) is 18.7 Å². The zero-order chi connectivity index (χ0) is 19.1. The largest absolute Gasteiger partial charge is 0.339 e. The van der Waals surface area contributed by atoms with E-state index in [9.17, 15) is 9.59 Å². The zero-order valence-electron chi connectivity index (χ0n) is 16.7. The molecule has 5 nitrogen and oxygen atoms in total. The highest BCUT2D eigenvalue weighted by molar-refractivity contribution is 5.94. The Kier molecular flexibility index (Phi) is 4.86. The summed E-state index contributed by atoms with van der Waals surface area (Å²) >= 11 is 0. The molecule has 2 amide bonds. The number of hydrogen-bond acceptors (Lipinski definition) is 3. The van der Waals surface area contributed by atoms with E-state index in [1.165, 1.54) is 0 Å². The third kappa shape index (κ3) is 3.63. The summed E-state index contributed by atoms with van der Waals surface area (Å²) in [6.45, 7) is 14.0. The summed E-state index contributed by atoms with van der Waals surface area (Å²) in [5.74, 6) is 0.277. The first-order valence-electron chi connectivity index (χ1n) is 9.50. The van der Waals surface area contributed by atoms with Gasteiger partial charge in [0, 0.05) is 55.3 Å². The molecule has 2 heterocycles. The maximum atomic E-state index is 13.0. The molecule has 3 rings (SSSR count). The number of amides is 2. The highest BCUT2D eigenvalue weighted by Crippen LogP contribution is 2.30. The van der Waals surface area contributed by atoms with E-state index in [0.29, 0.717) is 19.6 Å². The highest BCUT2D eigenvalue weighted by atomic mass is 16.2. The second kappa shape index (κ2) is 6.69. The van der Waals surface area contributed by atoms with Crippen molar-refractivity contribution in [3.8, 4) is 0 Å². The predicted octanol–water partition coefficient (Wildman–Crippen LogP) is 2.48. The fourth-order valence-corrected chi connectivity index (χ4v) is 4.26. The average molecular weight is 357 g/mol. The van der Waals surface area contributed by atoms with Crippen LogP contribution in [0, 0.1) is 5.41 Å². The number of carbonyl (C=O) groups is 2. The SMILES string of the molecule is CC(C)(C)C(=O)N1CCN2[C@H](CN(C(=O)c3ccccc3)CC2(C)C)C1. The van der Waals surface area contributed by atoms with E-state index >= 15 is 0 Å². The molecule has 2 aliphatic heterocycles. The molecule has 5 heteroatoms. The van der Waals surface area contributed by atoms with Gasteiger partial charge in [-0.1, -0.05) is 39.0 Å². The predicted molar refractivity (Wildman–Crippen MR) is 103 cm³/mol. The molecule has 2 saturated heterocycles. The standard InChI is InChI=1S/C21H31N3O2/c1-20(2,3)19(26)22-11-12-24-17(13-22)14-23(15-21(24,4)5)18(25)16-9-7-6-8-10-16/h6-10,17H,11-15H2,1-5H3/t17-/m0/s1. The number of piperazine rings is 2. The molecule has 0 unspecified atom stereocenters. The number of hydrogen-bond donors (Lipinski definition) is 0. The van der Waals surface area contributed by atoms with E-state index in [-0.39, 0.29) is 28.8 Å². The second-order valence-electron chi connectivity index (χ2n) is 9.21. The van der Waals surface area contributed by atoms with Crippen LogP contribution in [0.4, 0.5) is 0 Å². The lowest BCUT2D eigenvalue weighted by Crippen LogP contribution is -2.71. The van der Waals surface area contributed by atoms with Crippen LogP contribution in [-0.2, 0) is 4.79 Å². The van der Waals surface area contributed by atoms with Crippen LogP contribution in [-0.4, -0.2) is 70.8 Å². The quantitative estimate of drug-likeness (QED) is 0.776. The first-order chi connectivity index (χ1) is 12.1. The average Bonchev–Trinajstić information content (AvgIpc) is 2.59. The number of benzene rings is 1. The summed E-state index contributed by atoms with van der Waals surface area (Å²) in [7, 11) is 0. The molecule has 0 aliphatic carbocycles. The van der Waals surface area contributed by atoms with Gasteiger partial charge in [0.2, 0.25) is 5.91 Å². The van der Waals surface area contributed by atoms with Crippen LogP contribution in [0.5, 0.6) is 0 Å². The monoisotopic (exact) mass is 357 g/mol. The Morgan fingerprint density at radius 1 is 1.00 bits per heavy atom. The zero-order valence-corrected chi connectivity index (χ0v) is 16.7. The maximum absolute atomic E-state index is 13.0. The minimum Gasteiger partial charge on any atom is -0.339 e. The van der Waals surface area contributed by atoms with Crippen LogP contribution in [0.25, 0.3) is 0 Å². The Balaban J connectivity index is 1.78. The van der Waals surface area contributed by atoms with E-state index in [4.69, 9.17) is 0 Å². The van der Waals surface area contributed by atoms with Crippen molar-refractivity contribution in [2.24, 2.45) is 5.41 Å². The Morgan fingerprint density at radius 3 is 2.23 bits per heavy atom. The number of carbonyl (C=O) groups excluding carboxylic acids is 2. The van der Waals surface area contributed by atoms with Gasteiger partial charge in [0.1, 0.15) is 0 Å². The number of rotatable bonds is 1. The van der Waals surface area contributed by atoms with Crippen molar-refractivity contribution in [3.05, 3.63) is 35.9 Å². The van der Waals surface area contributed by atoms with Gasteiger partial charge in [-0.25, -0.2) is 0 Å². The molecule has 0 radical (unpaired) electrons. The summed E-state index contributed by atoms with van der Waals surface area (Å²) in [6, 6.07) is 9.66. The summed E-state index contributed by atoms with van der Waals surface area (Å²) in [5.41, 5.74) is 0.269. The van der Waals surface area contributed by atoms with Crippen molar-refractivity contribution in [2.45, 2.75) is 46.2 Å². The summed E-state index contributed by atoms with van der Waals surface area (Å²) in [4.78, 5) is 32.1. The molecule has 0 aromatic heterocycles. The molecule has 2 fully saturated rings. The van der Waals surface area contributed by atoms with Crippen LogP contribution in [0.1, 0.15) is 45.0 Å². The Hall–Kier alpha value is -1.88. The molecule has 0 N–H and O–H groups in total. The van der Waals surface area contributed by atoms with Gasteiger partial charge in [-0.3, -0.25) is 14.5 Å².